The van der Waals surface area contributed by atoms with Crippen LogP contribution in [0.1, 0.15) is 21.7 Å². The summed E-state index contributed by atoms with van der Waals surface area (Å²) in [6.45, 7) is 1.61. The molecule has 0 spiro atoms. The van der Waals surface area contributed by atoms with Crippen molar-refractivity contribution in [1.82, 2.24) is 20.2 Å². The van der Waals surface area contributed by atoms with E-state index in [1.54, 1.807) is 19.0 Å². The van der Waals surface area contributed by atoms with Crippen LogP contribution in [0.2, 0.25) is 0 Å². The Morgan fingerprint density at radius 1 is 1.47 bits per heavy atom. The Morgan fingerprint density at radius 2 is 2.27 bits per heavy atom. The van der Waals surface area contributed by atoms with Gasteiger partial charge in [0.05, 0.1) is 5.69 Å². The van der Waals surface area contributed by atoms with Crippen LogP contribution >= 0.6 is 0 Å². The van der Waals surface area contributed by atoms with Gasteiger partial charge in [-0.25, -0.2) is 9.97 Å². The fourth-order valence-corrected chi connectivity index (χ4v) is 1.68. The molecule has 1 aliphatic rings. The lowest BCUT2D eigenvalue weighted by Gasteiger charge is -2.19. The molecule has 0 unspecified atom stereocenters. The highest BCUT2D eigenvalue weighted by Crippen LogP contribution is 2.15. The van der Waals surface area contributed by atoms with Crippen LogP contribution in [-0.2, 0) is 13.0 Å². The predicted octanol–water partition coefficient (Wildman–Crippen LogP) is -0.176. The number of hydrogen-bond donors (Lipinski definition) is 1. The lowest BCUT2D eigenvalue weighted by Crippen LogP contribution is -2.30. The summed E-state index contributed by atoms with van der Waals surface area (Å²) >= 11 is 0. The van der Waals surface area contributed by atoms with E-state index in [2.05, 4.69) is 15.3 Å². The van der Waals surface area contributed by atoms with E-state index < -0.39 is 0 Å². The van der Waals surface area contributed by atoms with Crippen molar-refractivity contribution in [2.75, 3.05) is 20.6 Å². The molecule has 1 N–H and O–H groups in total. The van der Waals surface area contributed by atoms with E-state index in [0.29, 0.717) is 5.69 Å². The minimum absolute atomic E-state index is 0.0458. The molecule has 1 aliphatic heterocycles. The van der Waals surface area contributed by atoms with E-state index in [4.69, 9.17) is 0 Å². The minimum Gasteiger partial charge on any atom is -0.343 e. The minimum atomic E-state index is -0.0458. The Labute approximate surface area is 88.5 Å². The molecule has 0 fully saturated rings. The first-order valence-electron chi connectivity index (χ1n) is 4.95. The van der Waals surface area contributed by atoms with E-state index >= 15 is 0 Å². The van der Waals surface area contributed by atoms with Gasteiger partial charge in [-0.1, -0.05) is 0 Å². The zero-order valence-corrected chi connectivity index (χ0v) is 8.95. The number of nitrogens with zero attached hydrogens (tertiary/aromatic N) is 3. The highest BCUT2D eigenvalue weighted by atomic mass is 16.2. The molecule has 80 valence electrons. The molecule has 0 atom stereocenters. The summed E-state index contributed by atoms with van der Waals surface area (Å²) in [4.78, 5) is 21.6. The van der Waals surface area contributed by atoms with Gasteiger partial charge in [-0.05, 0) is 13.0 Å². The number of nitrogens with one attached hydrogen (secondary N) is 1. The SMILES string of the molecule is CN(C)C(=O)c1ncnc2c1CCNC2. The van der Waals surface area contributed by atoms with Gasteiger partial charge in [0.25, 0.3) is 5.91 Å². The fraction of sp³-hybridized carbons (Fsp3) is 0.500. The van der Waals surface area contributed by atoms with Gasteiger partial charge < -0.3 is 10.2 Å². The molecule has 0 aliphatic carbocycles. The number of carbonyl (C=O) groups excluding carboxylic acids is 1. The molecule has 0 aromatic carbocycles. The quantitative estimate of drug-likeness (QED) is 0.692. The molecule has 1 aromatic rings. The Balaban J connectivity index is 2.43. The number of hydrogen-bond acceptors (Lipinski definition) is 4. The average molecular weight is 206 g/mol. The third-order valence-corrected chi connectivity index (χ3v) is 2.49. The van der Waals surface area contributed by atoms with E-state index in [9.17, 15) is 4.79 Å². The summed E-state index contributed by atoms with van der Waals surface area (Å²) in [7, 11) is 3.47. The van der Waals surface area contributed by atoms with Crippen molar-refractivity contribution in [2.24, 2.45) is 0 Å². The van der Waals surface area contributed by atoms with Crippen molar-refractivity contribution in [3.63, 3.8) is 0 Å². The molecule has 0 bridgehead atoms. The molecule has 15 heavy (non-hydrogen) atoms. The normalized spacial score (nSPS) is 14.5. The molecule has 5 heteroatoms. The summed E-state index contributed by atoms with van der Waals surface area (Å²) in [5.41, 5.74) is 2.49. The van der Waals surface area contributed by atoms with E-state index in [0.717, 1.165) is 30.8 Å². The Kier molecular flexibility index (Phi) is 2.64. The first-order chi connectivity index (χ1) is 7.20. The molecule has 1 aromatic heterocycles. The topological polar surface area (TPSA) is 58.1 Å². The first-order valence-corrected chi connectivity index (χ1v) is 4.95. The molecule has 1 amide bonds. The fourth-order valence-electron chi connectivity index (χ4n) is 1.68. The van der Waals surface area contributed by atoms with Gasteiger partial charge in [0.2, 0.25) is 0 Å². The van der Waals surface area contributed by atoms with Crippen molar-refractivity contribution in [1.29, 1.82) is 0 Å². The maximum absolute atomic E-state index is 11.8. The third kappa shape index (κ3) is 1.83. The second-order valence-electron chi connectivity index (χ2n) is 3.77. The van der Waals surface area contributed by atoms with E-state index in [1.165, 1.54) is 6.33 Å². The molecular weight excluding hydrogens is 192 g/mol. The highest BCUT2D eigenvalue weighted by Gasteiger charge is 2.20. The van der Waals surface area contributed by atoms with Crippen molar-refractivity contribution in [3.05, 3.63) is 23.3 Å². The highest BCUT2D eigenvalue weighted by molar-refractivity contribution is 5.93. The standard InChI is InChI=1S/C10H14N4O/c1-14(2)10(15)9-7-3-4-11-5-8(7)12-6-13-9/h6,11H,3-5H2,1-2H3. The van der Waals surface area contributed by atoms with Gasteiger partial charge in [-0.2, -0.15) is 0 Å². The van der Waals surface area contributed by atoms with Gasteiger partial charge in [-0.15, -0.1) is 0 Å². The average Bonchev–Trinajstić information content (AvgIpc) is 2.27. The van der Waals surface area contributed by atoms with Crippen LogP contribution in [0, 0.1) is 0 Å². The van der Waals surface area contributed by atoms with Crippen molar-refractivity contribution < 1.29 is 4.79 Å². The van der Waals surface area contributed by atoms with Crippen LogP contribution < -0.4 is 5.32 Å². The monoisotopic (exact) mass is 206 g/mol. The number of aromatic nitrogens is 2. The lowest BCUT2D eigenvalue weighted by molar-refractivity contribution is 0.0820. The molecule has 0 saturated carbocycles. The van der Waals surface area contributed by atoms with Gasteiger partial charge in [0, 0.05) is 26.2 Å². The van der Waals surface area contributed by atoms with Gasteiger partial charge in [0.1, 0.15) is 12.0 Å². The largest absolute Gasteiger partial charge is 0.343 e. The maximum atomic E-state index is 11.8. The summed E-state index contributed by atoms with van der Waals surface area (Å²) in [6.07, 6.45) is 2.29. The summed E-state index contributed by atoms with van der Waals surface area (Å²) < 4.78 is 0. The van der Waals surface area contributed by atoms with Gasteiger partial charge in [0.15, 0.2) is 0 Å². The third-order valence-electron chi connectivity index (χ3n) is 2.49. The Morgan fingerprint density at radius 3 is 3.00 bits per heavy atom. The van der Waals surface area contributed by atoms with Crippen LogP contribution in [0.4, 0.5) is 0 Å². The van der Waals surface area contributed by atoms with Crippen molar-refractivity contribution in [2.45, 2.75) is 13.0 Å². The molecule has 5 nitrogen and oxygen atoms in total. The van der Waals surface area contributed by atoms with Gasteiger partial charge in [-0.3, -0.25) is 4.79 Å². The lowest BCUT2D eigenvalue weighted by atomic mass is 10.0. The zero-order chi connectivity index (χ0) is 10.8. The predicted molar refractivity (Wildman–Crippen MR) is 55.5 cm³/mol. The number of amides is 1. The molecule has 0 saturated heterocycles. The smallest absolute Gasteiger partial charge is 0.272 e. The van der Waals surface area contributed by atoms with Crippen LogP contribution in [0.3, 0.4) is 0 Å². The molecule has 0 radical (unpaired) electrons. The molecule has 2 rings (SSSR count). The summed E-state index contributed by atoms with van der Waals surface area (Å²) in [5.74, 6) is -0.0458. The second-order valence-corrected chi connectivity index (χ2v) is 3.77. The zero-order valence-electron chi connectivity index (χ0n) is 8.95. The van der Waals surface area contributed by atoms with Crippen molar-refractivity contribution >= 4 is 5.91 Å². The maximum Gasteiger partial charge on any atom is 0.272 e. The van der Waals surface area contributed by atoms with Crippen LogP contribution in [0.25, 0.3) is 0 Å². The van der Waals surface area contributed by atoms with E-state index in [1.807, 2.05) is 0 Å². The van der Waals surface area contributed by atoms with Crippen LogP contribution in [-0.4, -0.2) is 41.4 Å². The second kappa shape index (κ2) is 3.94. The van der Waals surface area contributed by atoms with Crippen molar-refractivity contribution in [3.8, 4) is 0 Å². The molecule has 2 heterocycles. The number of rotatable bonds is 1. The summed E-state index contributed by atoms with van der Waals surface area (Å²) in [6, 6.07) is 0. The molecular formula is C10H14N4O. The van der Waals surface area contributed by atoms with E-state index in [-0.39, 0.29) is 5.91 Å². The van der Waals surface area contributed by atoms with Crippen LogP contribution in [0.5, 0.6) is 0 Å². The van der Waals surface area contributed by atoms with Crippen LogP contribution in [0.15, 0.2) is 6.33 Å². The summed E-state index contributed by atoms with van der Waals surface area (Å²) in [5, 5.41) is 3.22. The van der Waals surface area contributed by atoms with Gasteiger partial charge >= 0.3 is 0 Å². The number of carbonyl (C=O) groups is 1. The Bertz CT molecular complexity index is 389. The first kappa shape index (κ1) is 10.0. The Hall–Kier alpha value is -1.49. The number of fused-ring (bicyclic) bond motifs is 1.